The highest BCUT2D eigenvalue weighted by molar-refractivity contribution is 7.89. The second-order valence-electron chi connectivity index (χ2n) is 4.15. The van der Waals surface area contributed by atoms with E-state index in [-0.39, 0.29) is 5.03 Å². The topological polar surface area (TPSA) is 92.7 Å². The number of aromatic amines is 1. The van der Waals surface area contributed by atoms with E-state index in [0.717, 1.165) is 5.82 Å². The van der Waals surface area contributed by atoms with Gasteiger partial charge in [0.1, 0.15) is 11.6 Å². The number of sulfonamides is 1. The summed E-state index contributed by atoms with van der Waals surface area (Å²) in [7, 11) is -1.65. The minimum Gasteiger partial charge on any atom is -0.338 e. The Bertz CT molecular complexity index is 644. The van der Waals surface area contributed by atoms with Crippen LogP contribution in [0.1, 0.15) is 18.6 Å². The summed E-state index contributed by atoms with van der Waals surface area (Å²) >= 11 is 0. The smallest absolute Gasteiger partial charge is 0.257 e. The van der Waals surface area contributed by atoms with Crippen molar-refractivity contribution in [2.24, 2.45) is 7.05 Å². The number of imidazole rings is 2. The summed E-state index contributed by atoms with van der Waals surface area (Å²) in [5, 5.41) is 0.101. The van der Waals surface area contributed by atoms with Crippen LogP contribution in [0.3, 0.4) is 0 Å². The van der Waals surface area contributed by atoms with Crippen molar-refractivity contribution < 1.29 is 8.42 Å². The van der Waals surface area contributed by atoms with Gasteiger partial charge in [0.2, 0.25) is 0 Å². The lowest BCUT2D eigenvalue weighted by Gasteiger charge is -2.04. The molecule has 7 nitrogen and oxygen atoms in total. The minimum atomic E-state index is -3.52. The van der Waals surface area contributed by atoms with Crippen molar-refractivity contribution in [3.8, 4) is 0 Å². The lowest BCUT2D eigenvalue weighted by molar-refractivity contribution is 0.576. The molecule has 0 radical (unpaired) electrons. The molecule has 0 saturated carbocycles. The number of hydrogen-bond acceptors (Lipinski definition) is 4. The van der Waals surface area contributed by atoms with Crippen LogP contribution < -0.4 is 4.72 Å². The first kappa shape index (κ1) is 13.8. The van der Waals surface area contributed by atoms with Crippen LogP contribution in [0.5, 0.6) is 0 Å². The Morgan fingerprint density at radius 1 is 1.42 bits per heavy atom. The average Bonchev–Trinajstić information content (AvgIpc) is 2.99. The first-order valence-corrected chi connectivity index (χ1v) is 7.51. The van der Waals surface area contributed by atoms with Gasteiger partial charge in [-0.1, -0.05) is 6.92 Å². The third kappa shape index (κ3) is 3.21. The van der Waals surface area contributed by atoms with Gasteiger partial charge in [-0.05, 0) is 0 Å². The van der Waals surface area contributed by atoms with Gasteiger partial charge in [-0.15, -0.1) is 0 Å². The Balaban J connectivity index is 1.96. The van der Waals surface area contributed by atoms with E-state index in [1.165, 1.54) is 6.20 Å². The molecule has 0 aromatic carbocycles. The van der Waals surface area contributed by atoms with E-state index in [1.807, 2.05) is 24.7 Å². The summed E-state index contributed by atoms with van der Waals surface area (Å²) < 4.78 is 28.3. The van der Waals surface area contributed by atoms with Gasteiger partial charge in [0, 0.05) is 38.8 Å². The van der Waals surface area contributed by atoms with Crippen LogP contribution in [-0.2, 0) is 29.9 Å². The Morgan fingerprint density at radius 2 is 2.21 bits per heavy atom. The number of aryl methyl sites for hydroxylation is 2. The molecule has 0 atom stereocenters. The van der Waals surface area contributed by atoms with Crippen molar-refractivity contribution in [2.75, 3.05) is 6.54 Å². The maximum atomic E-state index is 12.0. The molecule has 2 rings (SSSR count). The first-order chi connectivity index (χ1) is 9.03. The Kier molecular flexibility index (Phi) is 4.01. The Hall–Kier alpha value is -1.67. The van der Waals surface area contributed by atoms with E-state index in [2.05, 4.69) is 19.7 Å². The highest BCUT2D eigenvalue weighted by atomic mass is 32.2. The van der Waals surface area contributed by atoms with Crippen molar-refractivity contribution >= 4 is 10.0 Å². The second kappa shape index (κ2) is 5.54. The summed E-state index contributed by atoms with van der Waals surface area (Å²) in [6.45, 7) is 2.21. The van der Waals surface area contributed by atoms with Crippen LogP contribution in [0.4, 0.5) is 0 Å². The Labute approximate surface area is 112 Å². The lowest BCUT2D eigenvalue weighted by atomic mass is 10.4. The molecule has 0 amide bonds. The van der Waals surface area contributed by atoms with Crippen LogP contribution in [0, 0.1) is 0 Å². The molecule has 0 aliphatic heterocycles. The maximum Gasteiger partial charge on any atom is 0.257 e. The number of nitrogens with zero attached hydrogens (tertiary/aromatic N) is 3. The van der Waals surface area contributed by atoms with E-state index >= 15 is 0 Å². The fourth-order valence-corrected chi connectivity index (χ4v) is 2.64. The molecular formula is C11H17N5O2S. The fraction of sp³-hybridized carbons (Fsp3) is 0.455. The molecule has 8 heteroatoms. The largest absolute Gasteiger partial charge is 0.338 e. The number of hydrogen-bond donors (Lipinski definition) is 2. The third-order valence-electron chi connectivity index (χ3n) is 2.79. The molecule has 0 unspecified atom stereocenters. The normalized spacial score (nSPS) is 11.9. The van der Waals surface area contributed by atoms with Gasteiger partial charge in [0.25, 0.3) is 10.0 Å². The van der Waals surface area contributed by atoms with Crippen molar-refractivity contribution in [1.82, 2.24) is 24.2 Å². The predicted molar refractivity (Wildman–Crippen MR) is 70.1 cm³/mol. The zero-order valence-corrected chi connectivity index (χ0v) is 11.7. The van der Waals surface area contributed by atoms with Crippen LogP contribution >= 0.6 is 0 Å². The van der Waals surface area contributed by atoms with Crippen molar-refractivity contribution in [3.05, 3.63) is 30.2 Å². The molecule has 2 aromatic heterocycles. The molecular weight excluding hydrogens is 266 g/mol. The zero-order valence-electron chi connectivity index (χ0n) is 10.9. The van der Waals surface area contributed by atoms with E-state index in [9.17, 15) is 8.42 Å². The van der Waals surface area contributed by atoms with E-state index in [4.69, 9.17) is 0 Å². The molecule has 0 bridgehead atoms. The SMILES string of the molecule is CCc1ncc(S(=O)(=O)NCCc2nccn2C)[nH]1. The number of aromatic nitrogens is 4. The van der Waals surface area contributed by atoms with Gasteiger partial charge < -0.3 is 9.55 Å². The molecule has 2 aromatic rings. The van der Waals surface area contributed by atoms with Gasteiger partial charge in [0.05, 0.1) is 6.20 Å². The van der Waals surface area contributed by atoms with Crippen molar-refractivity contribution in [1.29, 1.82) is 0 Å². The van der Waals surface area contributed by atoms with Gasteiger partial charge in [0.15, 0.2) is 5.03 Å². The molecule has 0 saturated heterocycles. The van der Waals surface area contributed by atoms with Crippen LogP contribution in [0.25, 0.3) is 0 Å². The van der Waals surface area contributed by atoms with E-state index in [0.29, 0.717) is 25.2 Å². The maximum absolute atomic E-state index is 12.0. The molecule has 19 heavy (non-hydrogen) atoms. The van der Waals surface area contributed by atoms with Crippen molar-refractivity contribution in [3.63, 3.8) is 0 Å². The summed E-state index contributed by atoms with van der Waals surface area (Å²) in [6.07, 6.45) is 6.06. The lowest BCUT2D eigenvalue weighted by Crippen LogP contribution is -2.27. The molecule has 104 valence electrons. The minimum absolute atomic E-state index is 0.101. The van der Waals surface area contributed by atoms with Gasteiger partial charge in [-0.3, -0.25) is 0 Å². The predicted octanol–water partition coefficient (Wildman–Crippen LogP) is 0.227. The van der Waals surface area contributed by atoms with Crippen LogP contribution in [-0.4, -0.2) is 34.5 Å². The molecule has 0 aliphatic carbocycles. The van der Waals surface area contributed by atoms with Crippen LogP contribution in [0.2, 0.25) is 0 Å². The van der Waals surface area contributed by atoms with Gasteiger partial charge in [-0.2, -0.15) is 0 Å². The van der Waals surface area contributed by atoms with E-state index < -0.39 is 10.0 Å². The summed E-state index contributed by atoms with van der Waals surface area (Å²) in [5.41, 5.74) is 0. The Morgan fingerprint density at radius 3 is 2.79 bits per heavy atom. The molecule has 2 heterocycles. The van der Waals surface area contributed by atoms with Crippen LogP contribution in [0.15, 0.2) is 23.6 Å². The standard InChI is InChI=1S/C11H17N5O2S/c1-3-9-13-8-11(15-9)19(17,18)14-5-4-10-12-6-7-16(10)2/h6-8,14H,3-5H2,1-2H3,(H,13,15). The second-order valence-corrected chi connectivity index (χ2v) is 5.89. The highest BCUT2D eigenvalue weighted by Crippen LogP contribution is 2.05. The van der Waals surface area contributed by atoms with Gasteiger partial charge in [-0.25, -0.2) is 23.1 Å². The van der Waals surface area contributed by atoms with Crippen molar-refractivity contribution in [2.45, 2.75) is 24.8 Å². The molecule has 0 aliphatic rings. The number of nitrogens with one attached hydrogen (secondary N) is 2. The van der Waals surface area contributed by atoms with E-state index in [1.54, 1.807) is 6.20 Å². The van der Waals surface area contributed by atoms with Gasteiger partial charge >= 0.3 is 0 Å². The summed E-state index contributed by atoms with van der Waals surface area (Å²) in [6, 6.07) is 0. The summed E-state index contributed by atoms with van der Waals surface area (Å²) in [4.78, 5) is 10.9. The third-order valence-corrected chi connectivity index (χ3v) is 4.16. The average molecular weight is 283 g/mol. The first-order valence-electron chi connectivity index (χ1n) is 6.02. The quantitative estimate of drug-likeness (QED) is 0.793. The summed E-state index contributed by atoms with van der Waals surface area (Å²) in [5.74, 6) is 1.49. The zero-order chi connectivity index (χ0) is 13.9. The fourth-order valence-electron chi connectivity index (χ4n) is 1.67. The number of rotatable bonds is 6. The molecule has 0 fully saturated rings. The molecule has 0 spiro atoms. The molecule has 2 N–H and O–H groups in total. The highest BCUT2D eigenvalue weighted by Gasteiger charge is 2.16. The number of H-pyrrole nitrogens is 1. The monoisotopic (exact) mass is 283 g/mol.